The number of carbonyl (C=O) groups is 4. The molecular weight excluding hydrogens is 797 g/mol. The van der Waals surface area contributed by atoms with Gasteiger partial charge in [0.15, 0.2) is 11.2 Å². The molecule has 63 heavy (non-hydrogen) atoms. The molecule has 4 N–H and O–H groups in total. The van der Waals surface area contributed by atoms with Crippen LogP contribution in [0.4, 0.5) is 9.59 Å². The first-order valence-electron chi connectivity index (χ1n) is 22.1. The van der Waals surface area contributed by atoms with Crippen molar-refractivity contribution in [2.75, 3.05) is 28.2 Å². The van der Waals surface area contributed by atoms with Crippen LogP contribution in [0.3, 0.4) is 0 Å². The molecule has 0 spiro atoms. The summed E-state index contributed by atoms with van der Waals surface area (Å²) >= 11 is 0. The molecule has 14 heteroatoms. The molecule has 4 aromatic rings. The standard InChI is InChI=1S/C49H70N8O6/c1-15-16-17-26-48(9,62-43(60)56(11)12)41(58)54-37(45(2,3)4)39-50-29-35(52-39)33-22-18-31(19-23-33)32-20-24-34(25-21-32)36-30-51-40(53-36)38(46(5,6)7)55-42(59)49(10,47(8)27-28-47)63-44(61)57(13)14/h18-25,29-30,37-38H,15-17,26-28H2,1-14H3,(H,50,52)(H,51,53)(H,54,58)(H,55,59)/t37-,38-,48?,49+/m1/s1. The van der Waals surface area contributed by atoms with Gasteiger partial charge in [0, 0.05) is 57.1 Å². The van der Waals surface area contributed by atoms with Crippen LogP contribution >= 0.6 is 0 Å². The predicted molar refractivity (Wildman–Crippen MR) is 246 cm³/mol. The quantitative estimate of drug-likeness (QED) is 0.0805. The van der Waals surface area contributed by atoms with Gasteiger partial charge in [0.1, 0.15) is 11.6 Å². The number of carbonyl (C=O) groups excluding carboxylic acids is 4. The van der Waals surface area contributed by atoms with Gasteiger partial charge in [0.25, 0.3) is 11.8 Å². The van der Waals surface area contributed by atoms with Crippen LogP contribution in [0, 0.1) is 16.2 Å². The first kappa shape index (κ1) is 48.4. The van der Waals surface area contributed by atoms with Crippen molar-refractivity contribution < 1.29 is 28.7 Å². The van der Waals surface area contributed by atoms with Crippen LogP contribution in [0.1, 0.15) is 131 Å². The molecule has 0 bridgehead atoms. The number of amides is 4. The smallest absolute Gasteiger partial charge is 0.410 e. The summed E-state index contributed by atoms with van der Waals surface area (Å²) in [5.41, 5.74) is 1.36. The summed E-state index contributed by atoms with van der Waals surface area (Å²) in [6, 6.07) is 15.3. The fourth-order valence-electron chi connectivity index (χ4n) is 7.46. The zero-order chi connectivity index (χ0) is 46.7. The molecule has 5 rings (SSSR count). The number of aromatic amines is 2. The van der Waals surface area contributed by atoms with E-state index >= 15 is 0 Å². The second-order valence-corrected chi connectivity index (χ2v) is 20.3. The third-order valence-electron chi connectivity index (χ3n) is 12.4. The minimum Gasteiger partial charge on any atom is -0.433 e. The molecule has 4 atom stereocenters. The highest BCUT2D eigenvalue weighted by Crippen LogP contribution is 2.56. The second kappa shape index (κ2) is 18.6. The second-order valence-electron chi connectivity index (χ2n) is 20.3. The maximum absolute atomic E-state index is 14.0. The first-order chi connectivity index (χ1) is 29.3. The van der Waals surface area contributed by atoms with Crippen LogP contribution in [0.15, 0.2) is 60.9 Å². The van der Waals surface area contributed by atoms with Gasteiger partial charge >= 0.3 is 12.2 Å². The molecular formula is C49H70N8O6. The topological polar surface area (TPSA) is 175 Å². The normalized spacial score (nSPS) is 16.4. The van der Waals surface area contributed by atoms with Gasteiger partial charge in [-0.25, -0.2) is 19.6 Å². The highest BCUT2D eigenvalue weighted by Gasteiger charge is 2.61. The van der Waals surface area contributed by atoms with Crippen molar-refractivity contribution >= 4 is 24.0 Å². The molecule has 1 aliphatic carbocycles. The lowest BCUT2D eigenvalue weighted by molar-refractivity contribution is -0.148. The van der Waals surface area contributed by atoms with Gasteiger partial charge in [-0.15, -0.1) is 0 Å². The molecule has 4 amide bonds. The van der Waals surface area contributed by atoms with Crippen LogP contribution in [0.25, 0.3) is 33.6 Å². The number of hydrogen-bond donors (Lipinski definition) is 4. The molecule has 342 valence electrons. The van der Waals surface area contributed by atoms with Crippen molar-refractivity contribution in [3.05, 3.63) is 72.6 Å². The number of hydrogen-bond acceptors (Lipinski definition) is 8. The Morgan fingerprint density at radius 3 is 1.43 bits per heavy atom. The zero-order valence-electron chi connectivity index (χ0n) is 39.9. The number of benzene rings is 2. The molecule has 1 saturated carbocycles. The Morgan fingerprint density at radius 1 is 0.651 bits per heavy atom. The summed E-state index contributed by atoms with van der Waals surface area (Å²) in [6.45, 7) is 19.7. The molecule has 2 aromatic carbocycles. The van der Waals surface area contributed by atoms with E-state index in [9.17, 15) is 19.2 Å². The summed E-state index contributed by atoms with van der Waals surface area (Å²) in [5.74, 6) is 0.505. The fraction of sp³-hybridized carbons (Fsp3) is 0.551. The number of aromatic nitrogens is 4. The number of H-pyrrole nitrogens is 2. The zero-order valence-corrected chi connectivity index (χ0v) is 39.9. The third kappa shape index (κ3) is 11.1. The van der Waals surface area contributed by atoms with Crippen molar-refractivity contribution in [2.24, 2.45) is 16.2 Å². The highest BCUT2D eigenvalue weighted by molar-refractivity contribution is 5.89. The Labute approximate surface area is 373 Å². The molecule has 0 aliphatic heterocycles. The van der Waals surface area contributed by atoms with E-state index < -0.39 is 51.7 Å². The summed E-state index contributed by atoms with van der Waals surface area (Å²) in [5, 5.41) is 6.36. The van der Waals surface area contributed by atoms with E-state index in [1.807, 2.05) is 85.1 Å². The molecule has 1 unspecified atom stereocenters. The Kier molecular flexibility index (Phi) is 14.3. The minimum absolute atomic E-state index is 0.348. The van der Waals surface area contributed by atoms with E-state index in [4.69, 9.17) is 19.4 Å². The number of imidazole rings is 2. The molecule has 1 aliphatic rings. The molecule has 0 saturated heterocycles. The minimum atomic E-state index is -1.35. The lowest BCUT2D eigenvalue weighted by Crippen LogP contribution is -2.56. The first-order valence-corrected chi connectivity index (χ1v) is 22.1. The van der Waals surface area contributed by atoms with E-state index in [-0.39, 0.29) is 11.8 Å². The Balaban J connectivity index is 1.30. The van der Waals surface area contributed by atoms with Gasteiger partial charge in [0.05, 0.1) is 23.5 Å². The van der Waals surface area contributed by atoms with Crippen molar-refractivity contribution in [2.45, 2.75) is 131 Å². The van der Waals surface area contributed by atoms with Crippen LogP contribution in [0.5, 0.6) is 0 Å². The fourth-order valence-corrected chi connectivity index (χ4v) is 7.46. The van der Waals surface area contributed by atoms with Gasteiger partial charge in [-0.1, -0.05) is 117 Å². The Morgan fingerprint density at radius 2 is 1.05 bits per heavy atom. The third-order valence-corrected chi connectivity index (χ3v) is 12.4. The highest BCUT2D eigenvalue weighted by atomic mass is 16.6. The Bertz CT molecular complexity index is 2230. The largest absolute Gasteiger partial charge is 0.433 e. The van der Waals surface area contributed by atoms with Crippen molar-refractivity contribution in [1.29, 1.82) is 0 Å². The number of rotatable bonds is 16. The van der Waals surface area contributed by atoms with E-state index in [2.05, 4.69) is 51.8 Å². The summed E-state index contributed by atoms with van der Waals surface area (Å²) in [4.78, 5) is 72.4. The maximum atomic E-state index is 14.0. The van der Waals surface area contributed by atoms with Crippen LogP contribution in [-0.4, -0.2) is 93.1 Å². The molecule has 2 aromatic heterocycles. The van der Waals surface area contributed by atoms with Gasteiger partial charge in [-0.05, 0) is 61.5 Å². The number of nitrogens with zero attached hydrogens (tertiary/aromatic N) is 4. The van der Waals surface area contributed by atoms with Crippen molar-refractivity contribution in [1.82, 2.24) is 40.4 Å². The number of ether oxygens (including phenoxy) is 2. The van der Waals surface area contributed by atoms with Crippen molar-refractivity contribution in [3.63, 3.8) is 0 Å². The molecule has 2 heterocycles. The van der Waals surface area contributed by atoms with Crippen molar-refractivity contribution in [3.8, 4) is 33.6 Å². The van der Waals surface area contributed by atoms with Gasteiger partial charge in [-0.3, -0.25) is 9.59 Å². The summed E-state index contributed by atoms with van der Waals surface area (Å²) < 4.78 is 11.7. The summed E-state index contributed by atoms with van der Waals surface area (Å²) in [7, 11) is 6.42. The van der Waals surface area contributed by atoms with Gasteiger partial charge in [0.2, 0.25) is 0 Å². The average molecular weight is 867 g/mol. The SMILES string of the molecule is CCCCCC(C)(OC(=O)N(C)C)C(=O)N[C@H](c1nc(-c2ccc(-c3ccc(-c4c[nH]c([C@@H](NC(=O)[C@](C)(OC(=O)N(C)C)C5(C)CC5)C(C)(C)C)n4)cc3)cc2)c[nH]1)C(C)(C)C. The maximum Gasteiger partial charge on any atom is 0.410 e. The molecule has 0 radical (unpaired) electrons. The average Bonchev–Trinajstić information content (AvgIpc) is 3.55. The molecule has 14 nitrogen and oxygen atoms in total. The van der Waals surface area contributed by atoms with E-state index in [0.29, 0.717) is 18.1 Å². The van der Waals surface area contributed by atoms with E-state index in [1.165, 1.54) is 9.80 Å². The monoisotopic (exact) mass is 867 g/mol. The van der Waals surface area contributed by atoms with Gasteiger partial charge in [-0.2, -0.15) is 0 Å². The van der Waals surface area contributed by atoms with Gasteiger partial charge < -0.3 is 39.9 Å². The summed E-state index contributed by atoms with van der Waals surface area (Å²) in [6.07, 6.45) is 7.19. The van der Waals surface area contributed by atoms with E-state index in [1.54, 1.807) is 42.0 Å². The number of nitrogens with one attached hydrogen (secondary N) is 4. The lowest BCUT2D eigenvalue weighted by atomic mass is 9.83. The lowest BCUT2D eigenvalue weighted by Gasteiger charge is -2.38. The van der Waals surface area contributed by atoms with Crippen LogP contribution < -0.4 is 10.6 Å². The van der Waals surface area contributed by atoms with E-state index in [0.717, 1.165) is 65.7 Å². The molecule has 1 fully saturated rings. The predicted octanol–water partition coefficient (Wildman–Crippen LogP) is 9.83. The van der Waals surface area contributed by atoms with Crippen LogP contribution in [0.2, 0.25) is 0 Å². The van der Waals surface area contributed by atoms with Crippen LogP contribution in [-0.2, 0) is 19.1 Å². The number of unbranched alkanes of at least 4 members (excludes halogenated alkanes) is 2. The Hall–Kier alpha value is -5.66.